The minimum absolute atomic E-state index is 0.160. The third kappa shape index (κ3) is 3.52. The number of ketones is 3. The normalized spacial score (nSPS) is 21.5. The number of fused-ring (bicyclic) bond motifs is 5. The van der Waals surface area contributed by atoms with Gasteiger partial charge in [-0.3, -0.25) is 14.4 Å². The number of benzene rings is 4. The molecule has 0 N–H and O–H groups in total. The van der Waals surface area contributed by atoms with Gasteiger partial charge in [0, 0.05) is 33.3 Å². The van der Waals surface area contributed by atoms with Gasteiger partial charge in [-0.15, -0.1) is 0 Å². The number of hydrogen-bond acceptors (Lipinski definition) is 5. The molecule has 1 spiro atoms. The highest BCUT2D eigenvalue weighted by Crippen LogP contribution is 2.61. The highest BCUT2D eigenvalue weighted by molar-refractivity contribution is 6.32. The Morgan fingerprint density at radius 1 is 0.878 bits per heavy atom. The lowest BCUT2D eigenvalue weighted by atomic mass is 9.64. The molecule has 3 atom stereocenters. The summed E-state index contributed by atoms with van der Waals surface area (Å²) in [6, 6.07) is 25.8. The van der Waals surface area contributed by atoms with Crippen molar-refractivity contribution in [3.63, 3.8) is 0 Å². The molecule has 1 saturated heterocycles. The zero-order chi connectivity index (χ0) is 28.5. The first-order valence-corrected chi connectivity index (χ1v) is 13.9. The summed E-state index contributed by atoms with van der Waals surface area (Å²) in [7, 11) is 1.58. The molecule has 7 rings (SSSR count). The minimum Gasteiger partial charge on any atom is -0.497 e. The predicted molar refractivity (Wildman–Crippen MR) is 159 cm³/mol. The van der Waals surface area contributed by atoms with Gasteiger partial charge in [0.1, 0.15) is 17.2 Å². The van der Waals surface area contributed by atoms with Crippen LogP contribution < -0.4 is 9.64 Å². The van der Waals surface area contributed by atoms with Crippen LogP contribution in [0, 0.1) is 12.3 Å². The fraction of sp³-hybridized carbons (Fsp3) is 0.171. The smallest absolute Gasteiger partial charge is 0.185 e. The Morgan fingerprint density at radius 3 is 2.27 bits per heavy atom. The molecule has 0 unspecified atom stereocenters. The van der Waals surface area contributed by atoms with Crippen molar-refractivity contribution in [1.82, 2.24) is 0 Å². The van der Waals surface area contributed by atoms with Crippen LogP contribution >= 0.6 is 11.6 Å². The zero-order valence-electron chi connectivity index (χ0n) is 22.5. The number of aryl methyl sites for hydroxylation is 1. The average molecular weight is 560 g/mol. The third-order valence-corrected chi connectivity index (χ3v) is 9.06. The Morgan fingerprint density at radius 2 is 1.59 bits per heavy atom. The number of carbonyl (C=O) groups is 3. The molecule has 0 bridgehead atoms. The Balaban J connectivity index is 1.55. The summed E-state index contributed by atoms with van der Waals surface area (Å²) in [6.07, 6.45) is 3.81. The van der Waals surface area contributed by atoms with E-state index in [1.807, 2.05) is 84.6 Å². The van der Waals surface area contributed by atoms with Gasteiger partial charge in [-0.1, -0.05) is 90.0 Å². The Bertz CT molecular complexity index is 1760. The summed E-state index contributed by atoms with van der Waals surface area (Å²) in [4.78, 5) is 46.1. The van der Waals surface area contributed by atoms with Gasteiger partial charge in [0.05, 0.1) is 13.2 Å². The second kappa shape index (κ2) is 9.28. The van der Waals surface area contributed by atoms with Crippen LogP contribution in [-0.4, -0.2) is 36.5 Å². The van der Waals surface area contributed by atoms with Crippen LogP contribution in [0.2, 0.25) is 5.02 Å². The SMILES string of the molecule is COc1cccc([C@@H]2[C@H](C(=O)c3ccc(C)cc3)N3c4ccc(Cl)cc4C=C[C@@H]3C23C(=O)c2ccccc2C3=O)c1. The molecule has 0 amide bonds. The van der Waals surface area contributed by atoms with E-state index in [0.29, 0.717) is 33.0 Å². The summed E-state index contributed by atoms with van der Waals surface area (Å²) in [6.45, 7) is 1.97. The summed E-state index contributed by atoms with van der Waals surface area (Å²) in [5.41, 5.74) is 3.06. The monoisotopic (exact) mass is 559 g/mol. The van der Waals surface area contributed by atoms with Gasteiger partial charge in [-0.25, -0.2) is 0 Å². The summed E-state index contributed by atoms with van der Waals surface area (Å²) < 4.78 is 5.57. The number of methoxy groups -OCH3 is 1. The Hall–Kier alpha value is -4.48. The van der Waals surface area contributed by atoms with Crippen LogP contribution in [-0.2, 0) is 0 Å². The molecule has 41 heavy (non-hydrogen) atoms. The maximum Gasteiger partial charge on any atom is 0.185 e. The lowest BCUT2D eigenvalue weighted by Crippen LogP contribution is -2.48. The molecule has 3 aliphatic rings. The second-order valence-corrected chi connectivity index (χ2v) is 11.4. The lowest BCUT2D eigenvalue weighted by molar-refractivity contribution is 0.0665. The van der Waals surface area contributed by atoms with Crippen LogP contribution in [0.25, 0.3) is 6.08 Å². The second-order valence-electron chi connectivity index (χ2n) is 10.9. The van der Waals surface area contributed by atoms with E-state index in [2.05, 4.69) is 0 Å². The molecule has 2 heterocycles. The lowest BCUT2D eigenvalue weighted by Gasteiger charge is -2.37. The molecule has 0 radical (unpaired) electrons. The molecule has 0 aromatic heterocycles. The van der Waals surface area contributed by atoms with Crippen LogP contribution in [0.15, 0.2) is 97.1 Å². The van der Waals surface area contributed by atoms with E-state index < -0.39 is 23.4 Å². The molecular weight excluding hydrogens is 534 g/mol. The molecule has 202 valence electrons. The van der Waals surface area contributed by atoms with Crippen LogP contribution in [0.4, 0.5) is 5.69 Å². The standard InChI is InChI=1S/C35H26ClNO4/c1-20-10-12-21(13-11-20)32(38)31-30(23-6-5-7-25(19-23)41-2)35(33(39)26-8-3-4-9-27(26)34(35)40)29-17-14-22-18-24(36)15-16-28(22)37(29)31/h3-19,29-31H,1-2H3/t29-,30-,31-/m1/s1. The summed E-state index contributed by atoms with van der Waals surface area (Å²) in [5, 5.41) is 0.562. The third-order valence-electron chi connectivity index (χ3n) is 8.82. The van der Waals surface area contributed by atoms with Crippen molar-refractivity contribution >= 4 is 40.7 Å². The molecule has 4 aromatic carbocycles. The van der Waals surface area contributed by atoms with Crippen LogP contribution in [0.1, 0.15) is 53.7 Å². The average Bonchev–Trinajstić information content (AvgIpc) is 3.43. The molecule has 4 aromatic rings. The molecule has 2 aliphatic heterocycles. The van der Waals surface area contributed by atoms with E-state index in [0.717, 1.165) is 16.8 Å². The Labute approximate surface area is 243 Å². The van der Waals surface area contributed by atoms with Crippen molar-refractivity contribution in [3.8, 4) is 5.75 Å². The number of halogens is 1. The quantitative estimate of drug-likeness (QED) is 0.199. The van der Waals surface area contributed by atoms with Crippen molar-refractivity contribution in [2.24, 2.45) is 5.41 Å². The van der Waals surface area contributed by atoms with Crippen molar-refractivity contribution in [3.05, 3.63) is 135 Å². The van der Waals surface area contributed by atoms with E-state index in [9.17, 15) is 14.4 Å². The number of Topliss-reactive ketones (excluding diaryl/α,β-unsaturated/α-hetero) is 3. The first-order chi connectivity index (χ1) is 19.9. The maximum atomic E-state index is 14.7. The van der Waals surface area contributed by atoms with Gasteiger partial charge in [-0.05, 0) is 48.4 Å². The first-order valence-electron chi connectivity index (χ1n) is 13.6. The Kier molecular flexibility index (Phi) is 5.77. The number of carbonyl (C=O) groups excluding carboxylic acids is 3. The van der Waals surface area contributed by atoms with E-state index in [1.54, 1.807) is 37.4 Å². The molecule has 1 aliphatic carbocycles. The number of anilines is 1. The molecule has 6 heteroatoms. The van der Waals surface area contributed by atoms with Crippen molar-refractivity contribution in [2.45, 2.75) is 24.9 Å². The molecule has 5 nitrogen and oxygen atoms in total. The van der Waals surface area contributed by atoms with E-state index >= 15 is 0 Å². The van der Waals surface area contributed by atoms with Gasteiger partial charge < -0.3 is 9.64 Å². The van der Waals surface area contributed by atoms with Gasteiger partial charge in [0.25, 0.3) is 0 Å². The molecular formula is C35H26ClNO4. The summed E-state index contributed by atoms with van der Waals surface area (Å²) in [5.74, 6) is -0.894. The van der Waals surface area contributed by atoms with Gasteiger partial charge in [-0.2, -0.15) is 0 Å². The van der Waals surface area contributed by atoms with Crippen LogP contribution in [0.5, 0.6) is 5.75 Å². The van der Waals surface area contributed by atoms with Gasteiger partial charge >= 0.3 is 0 Å². The fourth-order valence-corrected chi connectivity index (χ4v) is 7.22. The van der Waals surface area contributed by atoms with Crippen LogP contribution in [0.3, 0.4) is 0 Å². The van der Waals surface area contributed by atoms with E-state index in [-0.39, 0.29) is 17.3 Å². The minimum atomic E-state index is -1.56. The number of ether oxygens (including phenoxy) is 1. The van der Waals surface area contributed by atoms with Gasteiger partial charge in [0.2, 0.25) is 0 Å². The maximum absolute atomic E-state index is 14.7. The van der Waals surface area contributed by atoms with E-state index in [1.165, 1.54) is 0 Å². The highest BCUT2D eigenvalue weighted by atomic mass is 35.5. The topological polar surface area (TPSA) is 63.7 Å². The van der Waals surface area contributed by atoms with E-state index in [4.69, 9.17) is 16.3 Å². The highest BCUT2D eigenvalue weighted by Gasteiger charge is 2.71. The largest absolute Gasteiger partial charge is 0.497 e. The molecule has 1 fully saturated rings. The number of nitrogens with zero attached hydrogens (tertiary/aromatic N) is 1. The number of hydrogen-bond donors (Lipinski definition) is 0. The van der Waals surface area contributed by atoms with Crippen molar-refractivity contribution < 1.29 is 19.1 Å². The fourth-order valence-electron chi connectivity index (χ4n) is 7.04. The van der Waals surface area contributed by atoms with Crippen molar-refractivity contribution in [1.29, 1.82) is 0 Å². The summed E-state index contributed by atoms with van der Waals surface area (Å²) >= 11 is 6.37. The van der Waals surface area contributed by atoms with Gasteiger partial charge in [0.15, 0.2) is 17.3 Å². The molecule has 0 saturated carbocycles. The zero-order valence-corrected chi connectivity index (χ0v) is 23.3. The first kappa shape index (κ1) is 25.5. The number of rotatable bonds is 4. The predicted octanol–water partition coefficient (Wildman–Crippen LogP) is 6.97. The van der Waals surface area contributed by atoms with Crippen molar-refractivity contribution in [2.75, 3.05) is 12.0 Å².